The van der Waals surface area contributed by atoms with E-state index in [2.05, 4.69) is 35.4 Å². The number of nitriles is 1. The molecule has 0 amide bonds. The first-order chi connectivity index (χ1) is 11.1. The molecule has 1 N–H and O–H groups in total. The van der Waals surface area contributed by atoms with Gasteiger partial charge >= 0.3 is 0 Å². The average Bonchev–Trinajstić information content (AvgIpc) is 3.06. The highest BCUT2D eigenvalue weighted by molar-refractivity contribution is 7.09. The van der Waals surface area contributed by atoms with Crippen LogP contribution in [0.5, 0.6) is 5.75 Å². The Bertz CT molecular complexity index is 619. The Balaban J connectivity index is 1.74. The lowest BCUT2D eigenvalue weighted by Crippen LogP contribution is -2.39. The molecule has 23 heavy (non-hydrogen) atoms. The fourth-order valence-corrected chi connectivity index (χ4v) is 3.09. The Kier molecular flexibility index (Phi) is 6.60. The van der Waals surface area contributed by atoms with Gasteiger partial charge in [0.2, 0.25) is 0 Å². The van der Waals surface area contributed by atoms with E-state index < -0.39 is 6.10 Å². The number of hydrogen-bond donors (Lipinski definition) is 1. The summed E-state index contributed by atoms with van der Waals surface area (Å²) < 4.78 is 5.57. The molecule has 122 valence electrons. The number of nitrogens with zero attached hydrogens (tertiary/aromatic N) is 2. The minimum absolute atomic E-state index is 0.238. The summed E-state index contributed by atoms with van der Waals surface area (Å²) >= 11 is 1.76. The summed E-state index contributed by atoms with van der Waals surface area (Å²) in [7, 11) is 2.02. The van der Waals surface area contributed by atoms with Crippen LogP contribution < -0.4 is 4.74 Å². The molecule has 0 saturated carbocycles. The standard InChI is InChI=1S/C18H22N2O2S/c1-14(10-18-4-3-9-23-18)20(2)12-16(21)13-22-17-7-5-15(11-19)6-8-17/h3-9,14,16,21H,10,12-13H2,1-2H3. The maximum absolute atomic E-state index is 10.1. The first-order valence-corrected chi connectivity index (χ1v) is 8.50. The highest BCUT2D eigenvalue weighted by Gasteiger charge is 2.15. The van der Waals surface area contributed by atoms with Crippen molar-refractivity contribution in [1.82, 2.24) is 4.90 Å². The normalized spacial score (nSPS) is 13.5. The number of benzene rings is 1. The van der Waals surface area contributed by atoms with Gasteiger partial charge in [0.25, 0.3) is 0 Å². The molecule has 0 aliphatic heterocycles. The van der Waals surface area contributed by atoms with Crippen LogP contribution in [-0.4, -0.2) is 42.4 Å². The third-order valence-electron chi connectivity index (χ3n) is 3.75. The topological polar surface area (TPSA) is 56.5 Å². The molecular weight excluding hydrogens is 308 g/mol. The molecule has 2 atom stereocenters. The van der Waals surface area contributed by atoms with Gasteiger partial charge in [0.1, 0.15) is 18.5 Å². The number of thiophene rings is 1. The molecule has 0 bridgehead atoms. The Labute approximate surface area is 141 Å². The van der Waals surface area contributed by atoms with Crippen LogP contribution in [0.1, 0.15) is 17.4 Å². The van der Waals surface area contributed by atoms with Gasteiger partial charge in [0.15, 0.2) is 0 Å². The zero-order chi connectivity index (χ0) is 16.7. The predicted octanol–water partition coefficient (Wildman–Crippen LogP) is 2.92. The van der Waals surface area contributed by atoms with E-state index >= 15 is 0 Å². The molecule has 4 nitrogen and oxygen atoms in total. The minimum atomic E-state index is -0.554. The van der Waals surface area contributed by atoms with Gasteiger partial charge in [-0.15, -0.1) is 11.3 Å². The molecule has 0 saturated heterocycles. The van der Waals surface area contributed by atoms with Crippen LogP contribution in [-0.2, 0) is 6.42 Å². The summed E-state index contributed by atoms with van der Waals surface area (Å²) in [5, 5.41) is 21.0. The second-order valence-electron chi connectivity index (χ2n) is 5.67. The number of aliphatic hydroxyl groups excluding tert-OH is 1. The third-order valence-corrected chi connectivity index (χ3v) is 4.65. The molecule has 1 aromatic heterocycles. The smallest absolute Gasteiger partial charge is 0.119 e. The second-order valence-corrected chi connectivity index (χ2v) is 6.71. The van der Waals surface area contributed by atoms with E-state index in [9.17, 15) is 5.11 Å². The van der Waals surface area contributed by atoms with Gasteiger partial charge in [-0.2, -0.15) is 5.26 Å². The Morgan fingerprint density at radius 3 is 2.65 bits per heavy atom. The van der Waals surface area contributed by atoms with Crippen LogP contribution in [0.4, 0.5) is 0 Å². The maximum Gasteiger partial charge on any atom is 0.119 e. The zero-order valence-electron chi connectivity index (χ0n) is 13.5. The van der Waals surface area contributed by atoms with Crippen molar-refractivity contribution < 1.29 is 9.84 Å². The predicted molar refractivity (Wildman–Crippen MR) is 92.8 cm³/mol. The lowest BCUT2D eigenvalue weighted by molar-refractivity contribution is 0.0656. The van der Waals surface area contributed by atoms with Crippen molar-refractivity contribution in [3.63, 3.8) is 0 Å². The monoisotopic (exact) mass is 330 g/mol. The van der Waals surface area contributed by atoms with Crippen LogP contribution in [0, 0.1) is 11.3 Å². The van der Waals surface area contributed by atoms with E-state index in [1.54, 1.807) is 35.6 Å². The Hall–Kier alpha value is -1.87. The first kappa shape index (κ1) is 17.5. The van der Waals surface area contributed by atoms with Gasteiger partial charge in [0, 0.05) is 17.5 Å². The van der Waals surface area contributed by atoms with E-state index in [1.807, 2.05) is 7.05 Å². The van der Waals surface area contributed by atoms with E-state index in [4.69, 9.17) is 10.00 Å². The molecule has 0 fully saturated rings. The van der Waals surface area contributed by atoms with Gasteiger partial charge in [-0.3, -0.25) is 0 Å². The lowest BCUT2D eigenvalue weighted by Gasteiger charge is -2.26. The highest BCUT2D eigenvalue weighted by atomic mass is 32.1. The summed E-state index contributed by atoms with van der Waals surface area (Å²) in [5.74, 6) is 0.664. The fraction of sp³-hybridized carbons (Fsp3) is 0.389. The van der Waals surface area contributed by atoms with E-state index in [1.165, 1.54) is 4.88 Å². The van der Waals surface area contributed by atoms with Gasteiger partial charge < -0.3 is 14.7 Å². The molecule has 0 spiro atoms. The van der Waals surface area contributed by atoms with Crippen molar-refractivity contribution >= 4 is 11.3 Å². The molecule has 5 heteroatoms. The number of ether oxygens (including phenoxy) is 1. The highest BCUT2D eigenvalue weighted by Crippen LogP contribution is 2.14. The molecule has 2 rings (SSSR count). The molecule has 0 aliphatic rings. The van der Waals surface area contributed by atoms with E-state index in [-0.39, 0.29) is 6.61 Å². The van der Waals surface area contributed by atoms with Crippen molar-refractivity contribution in [1.29, 1.82) is 5.26 Å². The van der Waals surface area contributed by atoms with E-state index in [0.717, 1.165) is 6.42 Å². The molecule has 0 aliphatic carbocycles. The summed E-state index contributed by atoms with van der Waals surface area (Å²) in [6.45, 7) is 2.96. The van der Waals surface area contributed by atoms with Crippen molar-refractivity contribution in [2.45, 2.75) is 25.5 Å². The van der Waals surface area contributed by atoms with Gasteiger partial charge in [-0.05, 0) is 56.1 Å². The van der Waals surface area contributed by atoms with Gasteiger partial charge in [0.05, 0.1) is 11.6 Å². The van der Waals surface area contributed by atoms with Crippen LogP contribution in [0.15, 0.2) is 41.8 Å². The number of likely N-dealkylation sites (N-methyl/N-ethyl adjacent to an activating group) is 1. The number of rotatable bonds is 8. The van der Waals surface area contributed by atoms with Crippen LogP contribution in [0.2, 0.25) is 0 Å². The average molecular weight is 330 g/mol. The van der Waals surface area contributed by atoms with Gasteiger partial charge in [-0.25, -0.2) is 0 Å². The summed E-state index contributed by atoms with van der Waals surface area (Å²) in [6, 6.07) is 13.5. The first-order valence-electron chi connectivity index (χ1n) is 7.62. The SMILES string of the molecule is CC(Cc1cccs1)N(C)CC(O)COc1ccc(C#N)cc1. The largest absolute Gasteiger partial charge is 0.491 e. The van der Waals surface area contributed by atoms with Crippen molar-refractivity contribution in [3.8, 4) is 11.8 Å². The molecule has 2 unspecified atom stereocenters. The van der Waals surface area contributed by atoms with Crippen molar-refractivity contribution in [3.05, 3.63) is 52.2 Å². The van der Waals surface area contributed by atoms with Crippen LogP contribution in [0.25, 0.3) is 0 Å². The summed E-state index contributed by atoms with van der Waals surface area (Å²) in [5.41, 5.74) is 0.597. The molecule has 1 aromatic carbocycles. The summed E-state index contributed by atoms with van der Waals surface area (Å²) in [4.78, 5) is 3.50. The summed E-state index contributed by atoms with van der Waals surface area (Å²) in [6.07, 6.45) is 0.429. The number of aliphatic hydroxyl groups is 1. The Morgan fingerprint density at radius 2 is 2.04 bits per heavy atom. The second kappa shape index (κ2) is 8.68. The minimum Gasteiger partial charge on any atom is -0.491 e. The maximum atomic E-state index is 10.1. The lowest BCUT2D eigenvalue weighted by atomic mass is 10.1. The quantitative estimate of drug-likeness (QED) is 0.808. The fourth-order valence-electron chi connectivity index (χ4n) is 2.26. The molecule has 2 aromatic rings. The number of hydrogen-bond acceptors (Lipinski definition) is 5. The van der Waals surface area contributed by atoms with Crippen LogP contribution >= 0.6 is 11.3 Å². The zero-order valence-corrected chi connectivity index (χ0v) is 14.3. The van der Waals surface area contributed by atoms with Crippen LogP contribution in [0.3, 0.4) is 0 Å². The molecule has 1 heterocycles. The molecule has 0 radical (unpaired) electrons. The van der Waals surface area contributed by atoms with Crippen molar-refractivity contribution in [2.75, 3.05) is 20.2 Å². The third kappa shape index (κ3) is 5.68. The van der Waals surface area contributed by atoms with E-state index in [0.29, 0.717) is 23.9 Å². The van der Waals surface area contributed by atoms with Crippen molar-refractivity contribution in [2.24, 2.45) is 0 Å². The molecular formula is C18H22N2O2S. The van der Waals surface area contributed by atoms with Gasteiger partial charge in [-0.1, -0.05) is 6.07 Å². The Morgan fingerprint density at radius 1 is 1.30 bits per heavy atom.